The molecule has 1 saturated carbocycles. The molecule has 7 rings (SSSR count). The minimum Gasteiger partial charge on any atom is -0.352 e. The minimum absolute atomic E-state index is 0.0499. The molecule has 0 saturated heterocycles. The van der Waals surface area contributed by atoms with E-state index in [0.29, 0.717) is 17.0 Å². The number of nitrogens with one attached hydrogen (secondary N) is 3. The summed E-state index contributed by atoms with van der Waals surface area (Å²) in [4.78, 5) is 29.8. The molecule has 1 amide bonds. The van der Waals surface area contributed by atoms with Crippen LogP contribution in [0, 0.1) is 11.0 Å². The molecule has 0 unspecified atom stereocenters. The maximum Gasteiger partial charge on any atom is 0.227 e. The van der Waals surface area contributed by atoms with E-state index >= 15 is 0 Å². The van der Waals surface area contributed by atoms with Crippen molar-refractivity contribution >= 4 is 44.9 Å². The summed E-state index contributed by atoms with van der Waals surface area (Å²) in [6.45, 7) is 0. The molecule has 0 bridgehead atoms. The van der Waals surface area contributed by atoms with Crippen molar-refractivity contribution in [2.24, 2.45) is 5.92 Å². The van der Waals surface area contributed by atoms with Gasteiger partial charge in [-0.1, -0.05) is 6.42 Å². The third kappa shape index (κ3) is 3.86. The Morgan fingerprint density at radius 2 is 1.86 bits per heavy atom. The lowest BCUT2D eigenvalue weighted by molar-refractivity contribution is -0.122. The van der Waals surface area contributed by atoms with Gasteiger partial charge in [0.1, 0.15) is 5.69 Å². The van der Waals surface area contributed by atoms with Crippen LogP contribution in [0.1, 0.15) is 19.3 Å². The van der Waals surface area contributed by atoms with Gasteiger partial charge in [-0.3, -0.25) is 19.9 Å². The van der Waals surface area contributed by atoms with E-state index < -0.39 is 0 Å². The average Bonchev–Trinajstić information content (AvgIpc) is 3.60. The molecule has 1 fully saturated rings. The van der Waals surface area contributed by atoms with Gasteiger partial charge in [0.15, 0.2) is 10.8 Å². The third-order valence-electron chi connectivity index (χ3n) is 6.87. The van der Waals surface area contributed by atoms with Crippen molar-refractivity contribution in [1.82, 2.24) is 30.1 Å². The summed E-state index contributed by atoms with van der Waals surface area (Å²) in [5.41, 5.74) is 6.23. The van der Waals surface area contributed by atoms with Gasteiger partial charge in [-0.05, 0) is 43.2 Å². The first-order valence-electron chi connectivity index (χ1n) is 12.0. The summed E-state index contributed by atoms with van der Waals surface area (Å²) in [5, 5.41) is 12.1. The number of pyridine rings is 3. The first kappa shape index (κ1) is 21.8. The molecule has 0 aromatic carbocycles. The summed E-state index contributed by atoms with van der Waals surface area (Å²) in [7, 11) is 0. The monoisotopic (exact) mass is 509 g/mol. The molecule has 182 valence electrons. The number of carbonyl (C=O) groups excluding carboxylic acids is 1. The van der Waals surface area contributed by atoms with Crippen LogP contribution in [0.15, 0.2) is 61.3 Å². The highest BCUT2D eigenvalue weighted by molar-refractivity contribution is 7.14. The molecule has 0 aliphatic heterocycles. The number of fused-ring (bicyclic) bond motifs is 2. The third-order valence-corrected chi connectivity index (χ3v) is 7.78. The van der Waals surface area contributed by atoms with Crippen LogP contribution in [0.25, 0.3) is 54.9 Å². The molecule has 3 N–H and O–H groups in total. The van der Waals surface area contributed by atoms with Gasteiger partial charge in [0.25, 0.3) is 0 Å². The predicted molar refractivity (Wildman–Crippen MR) is 141 cm³/mol. The maximum atomic E-state index is 13.7. The van der Waals surface area contributed by atoms with Crippen molar-refractivity contribution in [3.63, 3.8) is 0 Å². The van der Waals surface area contributed by atoms with E-state index in [9.17, 15) is 9.18 Å². The van der Waals surface area contributed by atoms with Gasteiger partial charge in [-0.25, -0.2) is 4.98 Å². The summed E-state index contributed by atoms with van der Waals surface area (Å²) in [6.07, 6.45) is 11.7. The Kier molecular flexibility index (Phi) is 5.07. The SMILES string of the molecule is O=C(Nc1cncc(-c2cnc3[nH]nc(-c4cc5c(-c6ccc(F)s6)cncc5[nH]4)c3c2)c1)C1CCC1. The molecule has 6 heterocycles. The van der Waals surface area contributed by atoms with Crippen molar-refractivity contribution in [3.8, 4) is 33.0 Å². The number of halogens is 1. The van der Waals surface area contributed by atoms with Crippen LogP contribution < -0.4 is 5.32 Å². The van der Waals surface area contributed by atoms with Gasteiger partial charge in [0, 0.05) is 56.8 Å². The molecule has 6 aromatic heterocycles. The summed E-state index contributed by atoms with van der Waals surface area (Å²) in [6, 6.07) is 9.15. The number of carbonyl (C=O) groups is 1. The lowest BCUT2D eigenvalue weighted by Crippen LogP contribution is -2.28. The second-order valence-corrected chi connectivity index (χ2v) is 10.2. The number of thiophene rings is 1. The Morgan fingerprint density at radius 1 is 1.00 bits per heavy atom. The summed E-state index contributed by atoms with van der Waals surface area (Å²) < 4.78 is 13.7. The van der Waals surface area contributed by atoms with Gasteiger partial charge in [-0.2, -0.15) is 9.49 Å². The summed E-state index contributed by atoms with van der Waals surface area (Å²) in [5.74, 6) is 0.148. The number of aromatic nitrogens is 6. The van der Waals surface area contributed by atoms with E-state index in [1.165, 1.54) is 6.07 Å². The van der Waals surface area contributed by atoms with Gasteiger partial charge in [-0.15, -0.1) is 11.3 Å². The average molecular weight is 510 g/mol. The van der Waals surface area contributed by atoms with Gasteiger partial charge in [0.2, 0.25) is 5.91 Å². The lowest BCUT2D eigenvalue weighted by atomic mass is 9.85. The highest BCUT2D eigenvalue weighted by atomic mass is 32.1. The van der Waals surface area contributed by atoms with Crippen molar-refractivity contribution in [3.05, 3.63) is 66.4 Å². The zero-order valence-corrected chi connectivity index (χ0v) is 20.3. The van der Waals surface area contributed by atoms with Gasteiger partial charge >= 0.3 is 0 Å². The van der Waals surface area contributed by atoms with Crippen LogP contribution in [0.2, 0.25) is 0 Å². The molecule has 0 atom stereocenters. The van der Waals surface area contributed by atoms with Crippen molar-refractivity contribution in [2.75, 3.05) is 5.32 Å². The smallest absolute Gasteiger partial charge is 0.227 e. The molecule has 0 spiro atoms. The molecule has 1 aliphatic rings. The van der Waals surface area contributed by atoms with Crippen molar-refractivity contribution in [2.45, 2.75) is 19.3 Å². The molecule has 6 aromatic rings. The fourth-order valence-electron chi connectivity index (χ4n) is 4.68. The summed E-state index contributed by atoms with van der Waals surface area (Å²) >= 11 is 1.09. The van der Waals surface area contributed by atoms with Crippen molar-refractivity contribution in [1.29, 1.82) is 0 Å². The number of nitrogens with zero attached hydrogens (tertiary/aromatic N) is 4. The van der Waals surface area contributed by atoms with Crippen LogP contribution in [0.3, 0.4) is 0 Å². The fourth-order valence-corrected chi connectivity index (χ4v) is 5.44. The number of amides is 1. The van der Waals surface area contributed by atoms with Gasteiger partial charge in [0.05, 0.1) is 29.3 Å². The van der Waals surface area contributed by atoms with E-state index in [0.717, 1.165) is 74.1 Å². The molecule has 0 radical (unpaired) electrons. The number of hydrogen-bond acceptors (Lipinski definition) is 6. The Hall–Kier alpha value is -4.44. The highest BCUT2D eigenvalue weighted by Gasteiger charge is 2.25. The van der Waals surface area contributed by atoms with E-state index in [1.807, 2.05) is 18.2 Å². The first-order valence-corrected chi connectivity index (χ1v) is 12.8. The Labute approximate surface area is 214 Å². The Morgan fingerprint density at radius 3 is 2.68 bits per heavy atom. The van der Waals surface area contributed by atoms with Gasteiger partial charge < -0.3 is 10.3 Å². The lowest BCUT2D eigenvalue weighted by Gasteiger charge is -2.24. The molecule has 10 heteroatoms. The molecular weight excluding hydrogens is 489 g/mol. The zero-order valence-electron chi connectivity index (χ0n) is 19.5. The van der Waals surface area contributed by atoms with E-state index in [4.69, 9.17) is 0 Å². The van der Waals surface area contributed by atoms with Crippen molar-refractivity contribution < 1.29 is 9.18 Å². The van der Waals surface area contributed by atoms with E-state index in [-0.39, 0.29) is 17.0 Å². The molecular formula is C27H20FN7OS. The fraction of sp³-hybridized carbons (Fsp3) is 0.148. The number of aromatic amines is 2. The second-order valence-electron chi connectivity index (χ2n) is 9.21. The predicted octanol–water partition coefficient (Wildman–Crippen LogP) is 6.17. The number of H-pyrrole nitrogens is 2. The first-order chi connectivity index (χ1) is 18.1. The normalized spacial score (nSPS) is 13.8. The Bertz CT molecular complexity index is 1800. The standard InChI is InChI=1S/C27H20FN7OS/c28-24-5-4-23(37-24)20-12-30-13-22-18(20)8-21(33-22)25-19-7-16(10-31-26(19)35-34-25)15-6-17(11-29-9-15)32-27(36)14-2-1-3-14/h4-14,33H,1-3H2,(H,32,36)(H,31,34,35). The van der Waals surface area contributed by atoms with E-state index in [2.05, 4.69) is 35.5 Å². The Balaban J connectivity index is 1.26. The second kappa shape index (κ2) is 8.59. The van der Waals surface area contributed by atoms with Crippen LogP contribution in [0.4, 0.5) is 10.1 Å². The molecule has 1 aliphatic carbocycles. The van der Waals surface area contributed by atoms with Crippen LogP contribution in [0.5, 0.6) is 0 Å². The zero-order chi connectivity index (χ0) is 24.9. The molecule has 8 nitrogen and oxygen atoms in total. The highest BCUT2D eigenvalue weighted by Crippen LogP contribution is 2.36. The van der Waals surface area contributed by atoms with Crippen LogP contribution in [-0.4, -0.2) is 36.0 Å². The van der Waals surface area contributed by atoms with E-state index in [1.54, 1.807) is 37.1 Å². The molecule has 37 heavy (non-hydrogen) atoms. The number of rotatable bonds is 5. The number of hydrogen-bond donors (Lipinski definition) is 3. The van der Waals surface area contributed by atoms with Crippen LogP contribution in [-0.2, 0) is 4.79 Å². The minimum atomic E-state index is -0.235. The number of anilines is 1. The topological polar surface area (TPSA) is 112 Å². The maximum absolute atomic E-state index is 13.7. The largest absolute Gasteiger partial charge is 0.352 e. The van der Waals surface area contributed by atoms with Crippen LogP contribution >= 0.6 is 11.3 Å². The quantitative estimate of drug-likeness (QED) is 0.257.